The number of likely N-dealkylation sites (N-methyl/N-ethyl adjacent to an activating group) is 1. The first-order valence-corrected chi connectivity index (χ1v) is 9.19. The minimum Gasteiger partial charge on any atom is -0.339 e. The lowest BCUT2D eigenvalue weighted by Gasteiger charge is -2.41. The van der Waals surface area contributed by atoms with Gasteiger partial charge in [-0.2, -0.15) is 0 Å². The van der Waals surface area contributed by atoms with Crippen LogP contribution in [0.25, 0.3) is 0 Å². The molecule has 1 atom stereocenters. The molecule has 0 radical (unpaired) electrons. The number of amides is 3. The van der Waals surface area contributed by atoms with Crippen molar-refractivity contribution in [2.75, 3.05) is 20.1 Å². The summed E-state index contributed by atoms with van der Waals surface area (Å²) < 4.78 is 13.0. The lowest BCUT2D eigenvalue weighted by molar-refractivity contribution is -0.146. The Morgan fingerprint density at radius 1 is 1.19 bits per heavy atom. The Bertz CT molecular complexity index is 634. The fourth-order valence-electron chi connectivity index (χ4n) is 2.95. The Hall–Kier alpha value is -2.44. The van der Waals surface area contributed by atoms with Crippen LogP contribution >= 0.6 is 0 Å². The zero-order valence-corrected chi connectivity index (χ0v) is 16.8. The van der Waals surface area contributed by atoms with Crippen molar-refractivity contribution in [1.29, 1.82) is 0 Å². The predicted octanol–water partition coefficient (Wildman–Crippen LogP) is 2.28. The molecule has 0 heterocycles. The molecule has 1 aromatic carbocycles. The van der Waals surface area contributed by atoms with E-state index in [1.807, 2.05) is 13.8 Å². The number of halogens is 1. The van der Waals surface area contributed by atoms with Gasteiger partial charge >= 0.3 is 0 Å². The molecule has 1 unspecified atom stereocenters. The Balaban J connectivity index is 2.98. The Labute approximate surface area is 160 Å². The van der Waals surface area contributed by atoms with Crippen LogP contribution in [0.1, 0.15) is 39.7 Å². The average Bonchev–Trinajstić information content (AvgIpc) is 2.63. The van der Waals surface area contributed by atoms with Gasteiger partial charge in [-0.05, 0) is 38.0 Å². The number of hydrogen-bond donors (Lipinski definition) is 0. The fraction of sp³-hybridized carbons (Fsp3) is 0.550. The molecule has 7 heteroatoms. The third-order valence-electron chi connectivity index (χ3n) is 4.52. The normalized spacial score (nSPS) is 11.8. The van der Waals surface area contributed by atoms with Crippen molar-refractivity contribution in [2.24, 2.45) is 0 Å². The van der Waals surface area contributed by atoms with E-state index in [0.717, 1.165) is 5.56 Å². The van der Waals surface area contributed by atoms with Crippen molar-refractivity contribution in [3.8, 4) is 0 Å². The summed E-state index contributed by atoms with van der Waals surface area (Å²) >= 11 is 0. The average molecular weight is 379 g/mol. The number of hydrogen-bond acceptors (Lipinski definition) is 3. The predicted molar refractivity (Wildman–Crippen MR) is 102 cm³/mol. The Morgan fingerprint density at radius 3 is 2.22 bits per heavy atom. The second kappa shape index (κ2) is 10.6. The van der Waals surface area contributed by atoms with Crippen LogP contribution in [-0.2, 0) is 20.8 Å². The standard InChI is InChI=1S/C20H30FN3O3/c1-6-20(27)24(15(2)3)19(22(5)14-25)13-23(16(4)26)12-11-17-7-9-18(21)10-8-17/h7-10,14-15,19H,6,11-13H2,1-5H3. The van der Waals surface area contributed by atoms with Gasteiger partial charge in [0.2, 0.25) is 18.2 Å². The molecule has 0 bridgehead atoms. The molecule has 0 spiro atoms. The minimum atomic E-state index is -0.549. The van der Waals surface area contributed by atoms with Crippen LogP contribution in [-0.4, -0.2) is 65.3 Å². The molecule has 0 saturated heterocycles. The van der Waals surface area contributed by atoms with Crippen LogP contribution in [0.5, 0.6) is 0 Å². The quantitative estimate of drug-likeness (QED) is 0.463. The van der Waals surface area contributed by atoms with Crippen molar-refractivity contribution < 1.29 is 18.8 Å². The molecule has 1 rings (SSSR count). The number of carbonyl (C=O) groups is 3. The topological polar surface area (TPSA) is 60.9 Å². The molecule has 1 aromatic rings. The Morgan fingerprint density at radius 2 is 1.78 bits per heavy atom. The second-order valence-electron chi connectivity index (χ2n) is 6.84. The van der Waals surface area contributed by atoms with Crippen molar-refractivity contribution >= 4 is 18.2 Å². The monoisotopic (exact) mass is 379 g/mol. The van der Waals surface area contributed by atoms with E-state index in [0.29, 0.717) is 25.8 Å². The van der Waals surface area contributed by atoms with Crippen LogP contribution < -0.4 is 0 Å². The van der Waals surface area contributed by atoms with E-state index < -0.39 is 6.17 Å². The van der Waals surface area contributed by atoms with Gasteiger partial charge in [0.1, 0.15) is 12.0 Å². The highest BCUT2D eigenvalue weighted by Crippen LogP contribution is 2.14. The summed E-state index contributed by atoms with van der Waals surface area (Å²) in [5.41, 5.74) is 0.910. The largest absolute Gasteiger partial charge is 0.339 e. The van der Waals surface area contributed by atoms with Crippen LogP contribution in [0.2, 0.25) is 0 Å². The molecule has 0 aromatic heterocycles. The van der Waals surface area contributed by atoms with Gasteiger partial charge in [-0.3, -0.25) is 14.4 Å². The summed E-state index contributed by atoms with van der Waals surface area (Å²) in [6.45, 7) is 7.63. The fourth-order valence-corrected chi connectivity index (χ4v) is 2.95. The highest BCUT2D eigenvalue weighted by Gasteiger charge is 2.30. The first-order chi connectivity index (χ1) is 12.7. The van der Waals surface area contributed by atoms with Gasteiger partial charge in [0.25, 0.3) is 0 Å². The van der Waals surface area contributed by atoms with Crippen LogP contribution in [0.15, 0.2) is 24.3 Å². The van der Waals surface area contributed by atoms with Crippen molar-refractivity contribution in [3.05, 3.63) is 35.6 Å². The van der Waals surface area contributed by atoms with Crippen molar-refractivity contribution in [3.63, 3.8) is 0 Å². The van der Waals surface area contributed by atoms with Gasteiger partial charge in [0.05, 0.1) is 6.54 Å². The zero-order valence-electron chi connectivity index (χ0n) is 16.8. The van der Waals surface area contributed by atoms with Gasteiger partial charge in [0.15, 0.2) is 0 Å². The summed E-state index contributed by atoms with van der Waals surface area (Å²) in [5, 5.41) is 0. The van der Waals surface area contributed by atoms with E-state index in [1.165, 1.54) is 24.0 Å². The highest BCUT2D eigenvalue weighted by atomic mass is 19.1. The lowest BCUT2D eigenvalue weighted by atomic mass is 10.1. The van der Waals surface area contributed by atoms with Crippen LogP contribution in [0.3, 0.4) is 0 Å². The van der Waals surface area contributed by atoms with E-state index in [-0.39, 0.29) is 30.2 Å². The molecular weight excluding hydrogens is 349 g/mol. The first kappa shape index (κ1) is 22.6. The minimum absolute atomic E-state index is 0.0780. The van der Waals surface area contributed by atoms with Gasteiger partial charge in [0, 0.05) is 33.0 Å². The summed E-state index contributed by atoms with van der Waals surface area (Å²) in [7, 11) is 1.61. The molecule has 3 amide bonds. The molecule has 6 nitrogen and oxygen atoms in total. The van der Waals surface area contributed by atoms with Gasteiger partial charge in [-0.1, -0.05) is 19.1 Å². The molecule has 150 valence electrons. The maximum Gasteiger partial charge on any atom is 0.224 e. The third-order valence-corrected chi connectivity index (χ3v) is 4.52. The molecule has 0 aliphatic carbocycles. The number of nitrogens with zero attached hydrogens (tertiary/aromatic N) is 3. The SMILES string of the molecule is CCC(=O)N(C(C)C)C(CN(CCc1ccc(F)cc1)C(C)=O)N(C)C=O. The second-order valence-corrected chi connectivity index (χ2v) is 6.84. The summed E-state index contributed by atoms with van der Waals surface area (Å²) in [5.74, 6) is -0.528. The number of benzene rings is 1. The van der Waals surface area contributed by atoms with E-state index in [4.69, 9.17) is 0 Å². The van der Waals surface area contributed by atoms with E-state index in [9.17, 15) is 18.8 Å². The lowest BCUT2D eigenvalue weighted by Crippen LogP contribution is -2.57. The first-order valence-electron chi connectivity index (χ1n) is 9.19. The van der Waals surface area contributed by atoms with Gasteiger partial charge < -0.3 is 14.7 Å². The molecule has 0 fully saturated rings. The van der Waals surface area contributed by atoms with Crippen molar-refractivity contribution in [1.82, 2.24) is 14.7 Å². The summed E-state index contributed by atoms with van der Waals surface area (Å²) in [6.07, 6.45) is 0.992. The Kier molecular flexibility index (Phi) is 8.91. The number of rotatable bonds is 10. The molecule has 0 aliphatic rings. The summed E-state index contributed by atoms with van der Waals surface area (Å²) in [4.78, 5) is 40.6. The summed E-state index contributed by atoms with van der Waals surface area (Å²) in [6, 6.07) is 6.02. The van der Waals surface area contributed by atoms with Crippen molar-refractivity contribution in [2.45, 2.75) is 52.7 Å². The van der Waals surface area contributed by atoms with Gasteiger partial charge in [-0.25, -0.2) is 4.39 Å². The molecule has 0 N–H and O–H groups in total. The molecular formula is C20H30FN3O3. The smallest absolute Gasteiger partial charge is 0.224 e. The zero-order chi connectivity index (χ0) is 20.6. The van der Waals surface area contributed by atoms with E-state index in [2.05, 4.69) is 0 Å². The van der Waals surface area contributed by atoms with Crippen LogP contribution in [0, 0.1) is 5.82 Å². The molecule has 0 aliphatic heterocycles. The van der Waals surface area contributed by atoms with Gasteiger partial charge in [-0.15, -0.1) is 0 Å². The maximum atomic E-state index is 13.0. The highest BCUT2D eigenvalue weighted by molar-refractivity contribution is 5.77. The third kappa shape index (κ3) is 6.66. The number of carbonyl (C=O) groups excluding carboxylic acids is 3. The molecule has 0 saturated carbocycles. The van der Waals surface area contributed by atoms with E-state index >= 15 is 0 Å². The maximum absolute atomic E-state index is 13.0. The van der Waals surface area contributed by atoms with E-state index in [1.54, 1.807) is 35.9 Å². The van der Waals surface area contributed by atoms with Crippen LogP contribution in [0.4, 0.5) is 4.39 Å². The molecule has 27 heavy (non-hydrogen) atoms.